The van der Waals surface area contributed by atoms with Crippen LogP contribution in [0.15, 0.2) is 21.5 Å². The lowest BCUT2D eigenvalue weighted by Gasteiger charge is -2.22. The number of ether oxygens (including phenoxy) is 3. The largest absolute Gasteiger partial charge is 0.474 e. The summed E-state index contributed by atoms with van der Waals surface area (Å²) in [6, 6.07) is 1.34. The number of hydrogen-bond donors (Lipinski definition) is 0. The molecule has 1 unspecified atom stereocenters. The van der Waals surface area contributed by atoms with E-state index in [0.29, 0.717) is 12.4 Å². The first kappa shape index (κ1) is 13.7. The second kappa shape index (κ2) is 6.98. The van der Waals surface area contributed by atoms with E-state index in [2.05, 4.69) is 5.92 Å². The van der Waals surface area contributed by atoms with Crippen LogP contribution in [0.4, 0.5) is 0 Å². The summed E-state index contributed by atoms with van der Waals surface area (Å²) in [4.78, 5) is 11.7. The smallest absolute Gasteiger partial charge is 0.227 e. The highest BCUT2D eigenvalue weighted by atomic mass is 16.7. The summed E-state index contributed by atoms with van der Waals surface area (Å²) in [5, 5.41) is 0. The summed E-state index contributed by atoms with van der Waals surface area (Å²) in [7, 11) is 0. The zero-order valence-corrected chi connectivity index (χ0v) is 10.6. The van der Waals surface area contributed by atoms with Crippen LogP contribution in [0.3, 0.4) is 0 Å². The molecule has 0 spiro atoms. The van der Waals surface area contributed by atoms with Gasteiger partial charge in [-0.05, 0) is 19.3 Å². The van der Waals surface area contributed by atoms with E-state index in [1.54, 1.807) is 0 Å². The molecule has 1 fully saturated rings. The highest BCUT2D eigenvalue weighted by Crippen LogP contribution is 2.15. The van der Waals surface area contributed by atoms with Gasteiger partial charge in [0.15, 0.2) is 6.29 Å². The van der Waals surface area contributed by atoms with Crippen LogP contribution in [0, 0.1) is 12.3 Å². The second-order valence-electron chi connectivity index (χ2n) is 4.17. The molecule has 5 nitrogen and oxygen atoms in total. The van der Waals surface area contributed by atoms with Crippen molar-refractivity contribution in [2.24, 2.45) is 0 Å². The van der Waals surface area contributed by atoms with Crippen molar-refractivity contribution in [3.63, 3.8) is 0 Å². The minimum Gasteiger partial charge on any atom is -0.474 e. The molecule has 0 radical (unpaired) electrons. The molecule has 0 N–H and O–H groups in total. The van der Waals surface area contributed by atoms with E-state index in [0.717, 1.165) is 19.3 Å². The van der Waals surface area contributed by atoms with E-state index in [4.69, 9.17) is 25.1 Å². The first-order valence-electron chi connectivity index (χ1n) is 6.21. The van der Waals surface area contributed by atoms with Gasteiger partial charge in [0.2, 0.25) is 11.2 Å². The van der Waals surface area contributed by atoms with Crippen molar-refractivity contribution < 1.29 is 18.6 Å². The molecule has 2 rings (SSSR count). The molecular formula is C14H16O5. The summed E-state index contributed by atoms with van der Waals surface area (Å²) >= 11 is 0. The van der Waals surface area contributed by atoms with Crippen LogP contribution < -0.4 is 10.2 Å². The fourth-order valence-corrected chi connectivity index (χ4v) is 1.76. The first-order chi connectivity index (χ1) is 9.29. The van der Waals surface area contributed by atoms with E-state index in [1.165, 1.54) is 12.3 Å². The maximum Gasteiger partial charge on any atom is 0.227 e. The monoisotopic (exact) mass is 264 g/mol. The first-order valence-corrected chi connectivity index (χ1v) is 6.21. The standard InChI is InChI=1S/C14H16O5/c1-2-6-16-13-10-18-11(8-12(13)15)9-19-14-5-3-4-7-17-14/h1,8,10,14H,3-7,9H2. The third-order valence-corrected chi connectivity index (χ3v) is 2.71. The van der Waals surface area contributed by atoms with Crippen LogP contribution >= 0.6 is 0 Å². The molecule has 1 aliphatic rings. The van der Waals surface area contributed by atoms with Crippen molar-refractivity contribution in [2.75, 3.05) is 13.2 Å². The van der Waals surface area contributed by atoms with Gasteiger partial charge in [0, 0.05) is 12.7 Å². The highest BCUT2D eigenvalue weighted by Gasteiger charge is 2.15. The van der Waals surface area contributed by atoms with Gasteiger partial charge in [-0.25, -0.2) is 0 Å². The molecule has 1 aliphatic heterocycles. The molecule has 0 amide bonds. The maximum absolute atomic E-state index is 11.7. The van der Waals surface area contributed by atoms with Crippen LogP contribution in [0.2, 0.25) is 0 Å². The molecule has 1 atom stereocenters. The summed E-state index contributed by atoms with van der Waals surface area (Å²) in [6.45, 7) is 0.958. The van der Waals surface area contributed by atoms with Gasteiger partial charge in [-0.15, -0.1) is 6.42 Å². The zero-order chi connectivity index (χ0) is 13.5. The van der Waals surface area contributed by atoms with E-state index in [9.17, 15) is 4.79 Å². The van der Waals surface area contributed by atoms with Crippen LogP contribution in [0.1, 0.15) is 25.0 Å². The van der Waals surface area contributed by atoms with Gasteiger partial charge in [-0.3, -0.25) is 4.79 Å². The third-order valence-electron chi connectivity index (χ3n) is 2.71. The Hall–Kier alpha value is -1.77. The fraction of sp³-hybridized carbons (Fsp3) is 0.500. The zero-order valence-electron chi connectivity index (χ0n) is 10.6. The molecule has 0 aromatic carbocycles. The normalized spacial score (nSPS) is 18.8. The summed E-state index contributed by atoms with van der Waals surface area (Å²) in [5.74, 6) is 2.83. The van der Waals surface area contributed by atoms with Gasteiger partial charge in [-0.2, -0.15) is 0 Å². The van der Waals surface area contributed by atoms with Crippen LogP contribution in [0.25, 0.3) is 0 Å². The Morgan fingerprint density at radius 3 is 3.05 bits per heavy atom. The third kappa shape index (κ3) is 4.12. The molecule has 0 saturated carbocycles. The predicted octanol–water partition coefficient (Wildman–Crippen LogP) is 1.70. The SMILES string of the molecule is C#CCOc1coc(COC2CCCCO2)cc1=O. The fourth-order valence-electron chi connectivity index (χ4n) is 1.76. The lowest BCUT2D eigenvalue weighted by atomic mass is 10.2. The number of rotatable bonds is 5. The second-order valence-corrected chi connectivity index (χ2v) is 4.17. The molecule has 1 aromatic heterocycles. The lowest BCUT2D eigenvalue weighted by molar-refractivity contribution is -0.171. The van der Waals surface area contributed by atoms with Crippen molar-refractivity contribution in [1.82, 2.24) is 0 Å². The molecule has 0 aliphatic carbocycles. The van der Waals surface area contributed by atoms with Gasteiger partial charge in [0.1, 0.15) is 25.2 Å². The molecular weight excluding hydrogens is 248 g/mol. The Bertz CT molecular complexity index is 493. The Kier molecular flexibility index (Phi) is 5.01. The van der Waals surface area contributed by atoms with Gasteiger partial charge in [-0.1, -0.05) is 5.92 Å². The van der Waals surface area contributed by atoms with E-state index < -0.39 is 0 Å². The quantitative estimate of drug-likeness (QED) is 0.757. The molecule has 0 bridgehead atoms. The number of hydrogen-bond acceptors (Lipinski definition) is 5. The summed E-state index contributed by atoms with van der Waals surface area (Å²) in [6.07, 6.45) is 9.11. The molecule has 2 heterocycles. The molecule has 1 saturated heterocycles. The Morgan fingerprint density at radius 2 is 2.37 bits per heavy atom. The highest BCUT2D eigenvalue weighted by molar-refractivity contribution is 5.17. The van der Waals surface area contributed by atoms with E-state index in [1.807, 2.05) is 0 Å². The Labute approximate surface area is 111 Å². The van der Waals surface area contributed by atoms with Crippen molar-refractivity contribution in [1.29, 1.82) is 0 Å². The average Bonchev–Trinajstić information content (AvgIpc) is 2.45. The minimum atomic E-state index is -0.273. The maximum atomic E-state index is 11.7. The molecule has 102 valence electrons. The molecule has 1 aromatic rings. The average molecular weight is 264 g/mol. The topological polar surface area (TPSA) is 57.9 Å². The van der Waals surface area contributed by atoms with Gasteiger partial charge in [0.05, 0.1) is 0 Å². The van der Waals surface area contributed by atoms with Crippen molar-refractivity contribution in [2.45, 2.75) is 32.2 Å². The Morgan fingerprint density at radius 1 is 1.47 bits per heavy atom. The summed E-state index contributed by atoms with van der Waals surface area (Å²) in [5.41, 5.74) is -0.273. The van der Waals surface area contributed by atoms with Gasteiger partial charge < -0.3 is 18.6 Å². The van der Waals surface area contributed by atoms with Crippen molar-refractivity contribution >= 4 is 0 Å². The number of terminal acetylenes is 1. The van der Waals surface area contributed by atoms with E-state index in [-0.39, 0.29) is 30.7 Å². The minimum absolute atomic E-state index is 0.0382. The van der Waals surface area contributed by atoms with E-state index >= 15 is 0 Å². The van der Waals surface area contributed by atoms with Crippen molar-refractivity contribution in [3.05, 3.63) is 28.3 Å². The summed E-state index contributed by atoms with van der Waals surface area (Å²) < 4.78 is 21.2. The van der Waals surface area contributed by atoms with Gasteiger partial charge >= 0.3 is 0 Å². The van der Waals surface area contributed by atoms with Crippen LogP contribution in [0.5, 0.6) is 5.75 Å². The van der Waals surface area contributed by atoms with Crippen LogP contribution in [-0.4, -0.2) is 19.5 Å². The van der Waals surface area contributed by atoms with Gasteiger partial charge in [0.25, 0.3) is 0 Å². The lowest BCUT2D eigenvalue weighted by Crippen LogP contribution is -2.22. The predicted molar refractivity (Wildman–Crippen MR) is 67.7 cm³/mol. The molecule has 19 heavy (non-hydrogen) atoms. The molecule has 5 heteroatoms. The van der Waals surface area contributed by atoms with Crippen molar-refractivity contribution in [3.8, 4) is 18.1 Å². The Balaban J connectivity index is 1.88. The van der Waals surface area contributed by atoms with Crippen LogP contribution in [-0.2, 0) is 16.1 Å².